The standard InChI is InChI=1S/C28H29N5O2/c1-5-8-24-23(15-19-11-13-20(14-12-19)22-10-7-6-9-21(22)16-29)26(35)32(17-25(34)28(2,3)4)27-30-18-31-33(24)27/h6-7,9-14,18H,5,8,15,17H2,1-4H3. The van der Waals surface area contributed by atoms with Gasteiger partial charge in [0.2, 0.25) is 5.78 Å². The van der Waals surface area contributed by atoms with Crippen LogP contribution in [0.15, 0.2) is 59.7 Å². The lowest BCUT2D eigenvalue weighted by molar-refractivity contribution is -0.126. The summed E-state index contributed by atoms with van der Waals surface area (Å²) in [5.74, 6) is 0.350. The highest BCUT2D eigenvalue weighted by atomic mass is 16.1. The molecular weight excluding hydrogens is 438 g/mol. The number of aryl methyl sites for hydroxylation is 1. The summed E-state index contributed by atoms with van der Waals surface area (Å²) in [7, 11) is 0. The van der Waals surface area contributed by atoms with E-state index in [0.29, 0.717) is 29.7 Å². The fourth-order valence-corrected chi connectivity index (χ4v) is 4.15. The van der Waals surface area contributed by atoms with Crippen LogP contribution >= 0.6 is 0 Å². The van der Waals surface area contributed by atoms with Gasteiger partial charge in [-0.3, -0.25) is 14.2 Å². The molecule has 2 aromatic heterocycles. The first-order valence-corrected chi connectivity index (χ1v) is 11.8. The number of fused-ring (bicyclic) bond motifs is 1. The third-order valence-electron chi connectivity index (χ3n) is 6.20. The molecule has 2 heterocycles. The van der Waals surface area contributed by atoms with Gasteiger partial charge in [-0.15, -0.1) is 0 Å². The smallest absolute Gasteiger partial charge is 0.259 e. The van der Waals surface area contributed by atoms with Crippen LogP contribution in [0.4, 0.5) is 0 Å². The minimum atomic E-state index is -0.575. The van der Waals surface area contributed by atoms with E-state index < -0.39 is 5.41 Å². The van der Waals surface area contributed by atoms with Crippen molar-refractivity contribution in [1.29, 1.82) is 5.26 Å². The van der Waals surface area contributed by atoms with Crippen LogP contribution in [0, 0.1) is 16.7 Å². The molecule has 0 saturated heterocycles. The van der Waals surface area contributed by atoms with Gasteiger partial charge >= 0.3 is 0 Å². The quantitative estimate of drug-likeness (QED) is 0.396. The van der Waals surface area contributed by atoms with Crippen LogP contribution in [-0.4, -0.2) is 24.9 Å². The Bertz CT molecular complexity index is 1480. The summed E-state index contributed by atoms with van der Waals surface area (Å²) in [6.45, 7) is 7.55. The Morgan fingerprint density at radius 3 is 2.46 bits per heavy atom. The van der Waals surface area contributed by atoms with Crippen molar-refractivity contribution in [1.82, 2.24) is 19.2 Å². The van der Waals surface area contributed by atoms with Gasteiger partial charge in [-0.1, -0.05) is 76.6 Å². The van der Waals surface area contributed by atoms with E-state index in [0.717, 1.165) is 28.8 Å². The molecule has 0 fully saturated rings. The van der Waals surface area contributed by atoms with Gasteiger partial charge in [-0.2, -0.15) is 15.3 Å². The summed E-state index contributed by atoms with van der Waals surface area (Å²) < 4.78 is 3.15. The lowest BCUT2D eigenvalue weighted by Gasteiger charge is -2.19. The Kier molecular flexibility index (Phi) is 6.65. The van der Waals surface area contributed by atoms with Crippen molar-refractivity contribution in [2.24, 2.45) is 5.41 Å². The monoisotopic (exact) mass is 467 g/mol. The number of nitriles is 1. The first-order valence-electron chi connectivity index (χ1n) is 11.8. The van der Waals surface area contributed by atoms with E-state index in [-0.39, 0.29) is 17.9 Å². The molecule has 0 bridgehead atoms. The van der Waals surface area contributed by atoms with Gasteiger partial charge in [0, 0.05) is 17.4 Å². The summed E-state index contributed by atoms with van der Waals surface area (Å²) in [5, 5.41) is 13.8. The van der Waals surface area contributed by atoms with E-state index in [4.69, 9.17) is 0 Å². The molecule has 0 spiro atoms. The Morgan fingerprint density at radius 2 is 1.80 bits per heavy atom. The molecule has 0 N–H and O–H groups in total. The second kappa shape index (κ2) is 9.67. The first kappa shape index (κ1) is 24.1. The van der Waals surface area contributed by atoms with Crippen LogP contribution in [0.3, 0.4) is 0 Å². The third-order valence-corrected chi connectivity index (χ3v) is 6.20. The Labute approximate surface area is 204 Å². The number of Topliss-reactive ketones (excluding diaryl/α,β-unsaturated/α-hetero) is 1. The minimum absolute atomic E-state index is 0.0424. The van der Waals surface area contributed by atoms with Gasteiger partial charge in [0.25, 0.3) is 5.56 Å². The van der Waals surface area contributed by atoms with Crippen LogP contribution in [0.1, 0.15) is 56.5 Å². The highest BCUT2D eigenvalue weighted by molar-refractivity contribution is 5.83. The maximum absolute atomic E-state index is 13.7. The third kappa shape index (κ3) is 4.78. The molecule has 0 aliphatic rings. The zero-order chi connectivity index (χ0) is 25.2. The molecule has 0 amide bonds. The molecule has 0 radical (unpaired) electrons. The topological polar surface area (TPSA) is 93.0 Å². The van der Waals surface area contributed by atoms with E-state index in [9.17, 15) is 14.9 Å². The second-order valence-electron chi connectivity index (χ2n) is 9.74. The summed E-state index contributed by atoms with van der Waals surface area (Å²) in [6, 6.07) is 17.6. The van der Waals surface area contributed by atoms with Crippen LogP contribution in [0.25, 0.3) is 16.9 Å². The predicted molar refractivity (Wildman–Crippen MR) is 135 cm³/mol. The molecular formula is C28H29N5O2. The summed E-state index contributed by atoms with van der Waals surface area (Å²) in [6.07, 6.45) is 3.35. The Balaban J connectivity index is 1.78. The second-order valence-corrected chi connectivity index (χ2v) is 9.74. The van der Waals surface area contributed by atoms with Gasteiger partial charge in [-0.25, -0.2) is 4.52 Å². The van der Waals surface area contributed by atoms with Gasteiger partial charge in [0.15, 0.2) is 5.78 Å². The molecule has 4 rings (SSSR count). The fraction of sp³-hybridized carbons (Fsp3) is 0.321. The summed E-state index contributed by atoms with van der Waals surface area (Å²) in [4.78, 5) is 30.8. The molecule has 0 aliphatic carbocycles. The number of hydrogen-bond donors (Lipinski definition) is 0. The van der Waals surface area contributed by atoms with Crippen LogP contribution in [0.5, 0.6) is 0 Å². The Morgan fingerprint density at radius 1 is 1.09 bits per heavy atom. The molecule has 7 heteroatoms. The highest BCUT2D eigenvalue weighted by Crippen LogP contribution is 2.25. The van der Waals surface area contributed by atoms with Crippen LogP contribution < -0.4 is 5.56 Å². The number of hydrogen-bond acceptors (Lipinski definition) is 5. The molecule has 2 aromatic carbocycles. The van der Waals surface area contributed by atoms with E-state index in [1.54, 1.807) is 10.6 Å². The van der Waals surface area contributed by atoms with E-state index in [1.165, 1.54) is 10.9 Å². The van der Waals surface area contributed by atoms with Crippen LogP contribution in [-0.2, 0) is 24.2 Å². The van der Waals surface area contributed by atoms with Gasteiger partial charge < -0.3 is 0 Å². The molecule has 7 nitrogen and oxygen atoms in total. The van der Waals surface area contributed by atoms with Gasteiger partial charge in [0.1, 0.15) is 6.33 Å². The van der Waals surface area contributed by atoms with Crippen molar-refractivity contribution < 1.29 is 4.79 Å². The largest absolute Gasteiger partial charge is 0.297 e. The lowest BCUT2D eigenvalue weighted by atomic mass is 9.91. The van der Waals surface area contributed by atoms with Crippen molar-refractivity contribution in [3.8, 4) is 17.2 Å². The van der Waals surface area contributed by atoms with Crippen molar-refractivity contribution in [2.45, 2.75) is 53.5 Å². The van der Waals surface area contributed by atoms with E-state index in [2.05, 4.69) is 23.1 Å². The molecule has 0 atom stereocenters. The zero-order valence-electron chi connectivity index (χ0n) is 20.6. The predicted octanol–water partition coefficient (Wildman–Crippen LogP) is 4.59. The minimum Gasteiger partial charge on any atom is -0.297 e. The van der Waals surface area contributed by atoms with Crippen molar-refractivity contribution in [3.05, 3.63) is 87.6 Å². The number of aromatic nitrogens is 4. The molecule has 35 heavy (non-hydrogen) atoms. The molecule has 0 saturated carbocycles. The lowest BCUT2D eigenvalue weighted by Crippen LogP contribution is -2.35. The number of rotatable bonds is 7. The van der Waals surface area contributed by atoms with E-state index >= 15 is 0 Å². The highest BCUT2D eigenvalue weighted by Gasteiger charge is 2.25. The molecule has 0 aliphatic heterocycles. The van der Waals surface area contributed by atoms with Crippen molar-refractivity contribution in [3.63, 3.8) is 0 Å². The summed E-state index contributed by atoms with van der Waals surface area (Å²) >= 11 is 0. The number of nitrogens with zero attached hydrogens (tertiary/aromatic N) is 5. The number of carbonyl (C=O) groups is 1. The number of benzene rings is 2. The van der Waals surface area contributed by atoms with Gasteiger partial charge in [0.05, 0.1) is 23.9 Å². The molecule has 178 valence electrons. The zero-order valence-corrected chi connectivity index (χ0v) is 20.6. The number of ketones is 1. The molecule has 0 unspecified atom stereocenters. The number of carbonyl (C=O) groups excluding carboxylic acids is 1. The van der Waals surface area contributed by atoms with E-state index in [1.807, 2.05) is 63.2 Å². The van der Waals surface area contributed by atoms with Crippen LogP contribution in [0.2, 0.25) is 0 Å². The molecule has 4 aromatic rings. The van der Waals surface area contributed by atoms with Crippen molar-refractivity contribution >= 4 is 11.6 Å². The van der Waals surface area contributed by atoms with Crippen molar-refractivity contribution in [2.75, 3.05) is 0 Å². The SMILES string of the molecule is CCCc1c(Cc2ccc(-c3ccccc3C#N)cc2)c(=O)n(CC(=O)C(C)(C)C)c2ncnn12. The fourth-order valence-electron chi connectivity index (χ4n) is 4.15. The Hall–Kier alpha value is -4.05. The average Bonchev–Trinajstić information content (AvgIpc) is 3.33. The van der Waals surface area contributed by atoms with Gasteiger partial charge in [-0.05, 0) is 29.2 Å². The maximum Gasteiger partial charge on any atom is 0.259 e. The normalized spacial score (nSPS) is 11.5. The summed E-state index contributed by atoms with van der Waals surface area (Å²) in [5.41, 5.74) is 4.07. The first-order chi connectivity index (χ1) is 16.7. The average molecular weight is 468 g/mol. The maximum atomic E-state index is 13.7.